The molecule has 0 unspecified atom stereocenters. The number of ketones is 1. The smallest absolute Gasteiger partial charge is 0.188 e. The first-order valence-electron chi connectivity index (χ1n) is 4.84. The van der Waals surface area contributed by atoms with E-state index >= 15 is 0 Å². The van der Waals surface area contributed by atoms with Gasteiger partial charge in [-0.05, 0) is 13.1 Å². The van der Waals surface area contributed by atoms with Gasteiger partial charge in [-0.25, -0.2) is 0 Å². The summed E-state index contributed by atoms with van der Waals surface area (Å²) in [7, 11) is 0. The number of rotatable bonds is 0. The van der Waals surface area contributed by atoms with E-state index in [4.69, 9.17) is 10.1 Å². The van der Waals surface area contributed by atoms with Crippen molar-refractivity contribution in [2.45, 2.75) is 24.9 Å². The zero-order valence-corrected chi connectivity index (χ0v) is 8.06. The summed E-state index contributed by atoms with van der Waals surface area (Å²) in [6.07, 6.45) is 1.99. The summed E-state index contributed by atoms with van der Waals surface area (Å²) in [5.41, 5.74) is -0.432. The van der Waals surface area contributed by atoms with Gasteiger partial charge in [-0.15, -0.1) is 0 Å². The third kappa shape index (κ3) is 1.46. The normalized spacial score (nSPS) is 26.4. The van der Waals surface area contributed by atoms with Crippen LogP contribution in [0.25, 0.3) is 0 Å². The molecule has 2 saturated heterocycles. The number of ether oxygens (including phenoxy) is 1. The fourth-order valence-corrected chi connectivity index (χ4v) is 2.05. The van der Waals surface area contributed by atoms with Crippen molar-refractivity contribution >= 4 is 11.5 Å². The van der Waals surface area contributed by atoms with Gasteiger partial charge in [0.25, 0.3) is 0 Å². The van der Waals surface area contributed by atoms with Crippen LogP contribution >= 0.6 is 0 Å². The predicted molar refractivity (Wildman–Crippen MR) is 52.4 cm³/mol. The fraction of sp³-hybridized carbons (Fsp3) is 0.600. The molecule has 4 heteroatoms. The van der Waals surface area contributed by atoms with E-state index in [-0.39, 0.29) is 22.9 Å². The molecule has 76 valence electrons. The maximum absolute atomic E-state index is 11.5. The molecule has 0 amide bonds. The van der Waals surface area contributed by atoms with Crippen LogP contribution in [-0.2, 0) is 9.53 Å². The van der Waals surface area contributed by atoms with E-state index in [1.165, 1.54) is 0 Å². The minimum atomic E-state index is -0.371. The Bertz CT molecular complexity index is 281. The molecule has 0 aromatic heterocycles. The molecule has 0 aromatic carbocycles. The van der Waals surface area contributed by atoms with Gasteiger partial charge in [0.2, 0.25) is 0 Å². The van der Waals surface area contributed by atoms with Crippen LogP contribution in [0.3, 0.4) is 0 Å². The van der Waals surface area contributed by atoms with E-state index in [0.29, 0.717) is 6.42 Å². The minimum absolute atomic E-state index is 0.0610. The second-order valence-electron chi connectivity index (χ2n) is 3.93. The van der Waals surface area contributed by atoms with Crippen molar-refractivity contribution < 1.29 is 9.53 Å². The largest absolute Gasteiger partial charge is 0.485 e. The topological polar surface area (TPSA) is 62.2 Å². The van der Waals surface area contributed by atoms with E-state index < -0.39 is 0 Å². The lowest BCUT2D eigenvalue weighted by molar-refractivity contribution is -0.123. The summed E-state index contributed by atoms with van der Waals surface area (Å²) in [4.78, 5) is 11.5. The van der Waals surface area contributed by atoms with Crippen LogP contribution < -0.4 is 5.32 Å². The van der Waals surface area contributed by atoms with Gasteiger partial charge in [0.1, 0.15) is 17.1 Å². The van der Waals surface area contributed by atoms with E-state index in [9.17, 15) is 4.79 Å². The Kier molecular flexibility index (Phi) is 2.15. The Labute approximate surface area is 82.8 Å². The molecule has 2 rings (SSSR count). The first-order valence-corrected chi connectivity index (χ1v) is 4.84. The van der Waals surface area contributed by atoms with Crippen LogP contribution in [0.4, 0.5) is 0 Å². The molecule has 2 fully saturated rings. The molecular formula is C10H14N2O2. The third-order valence-corrected chi connectivity index (χ3v) is 2.89. The van der Waals surface area contributed by atoms with Crippen LogP contribution in [0.5, 0.6) is 0 Å². The van der Waals surface area contributed by atoms with Gasteiger partial charge < -0.3 is 10.1 Å². The fourth-order valence-electron chi connectivity index (χ4n) is 2.05. The van der Waals surface area contributed by atoms with Crippen molar-refractivity contribution in [3.8, 4) is 0 Å². The highest BCUT2D eigenvalue weighted by Gasteiger charge is 2.42. The Hall–Kier alpha value is -1.16. The average molecular weight is 194 g/mol. The molecule has 0 saturated carbocycles. The van der Waals surface area contributed by atoms with Crippen LogP contribution in [-0.4, -0.2) is 30.2 Å². The second kappa shape index (κ2) is 3.20. The Morgan fingerprint density at radius 1 is 1.43 bits per heavy atom. The van der Waals surface area contributed by atoms with Gasteiger partial charge in [-0.3, -0.25) is 10.2 Å². The number of Topliss-reactive ketones (excluding diaryl/α,β-unsaturated/α-hetero) is 1. The summed E-state index contributed by atoms with van der Waals surface area (Å²) < 4.78 is 5.62. The van der Waals surface area contributed by atoms with Crippen molar-refractivity contribution in [3.63, 3.8) is 0 Å². The van der Waals surface area contributed by atoms with Crippen molar-refractivity contribution in [3.05, 3.63) is 12.3 Å². The predicted octanol–water partition coefficient (Wildman–Crippen LogP) is 0.631. The highest BCUT2D eigenvalue weighted by molar-refractivity contribution is 6.44. The molecule has 0 aromatic rings. The van der Waals surface area contributed by atoms with Crippen molar-refractivity contribution in [1.82, 2.24) is 5.32 Å². The van der Waals surface area contributed by atoms with E-state index in [0.717, 1.165) is 25.9 Å². The van der Waals surface area contributed by atoms with E-state index in [1.54, 1.807) is 0 Å². The van der Waals surface area contributed by atoms with E-state index in [2.05, 4.69) is 11.9 Å². The van der Waals surface area contributed by atoms with Gasteiger partial charge >= 0.3 is 0 Å². The third-order valence-electron chi connectivity index (χ3n) is 2.89. The lowest BCUT2D eigenvalue weighted by atomic mass is 9.83. The molecule has 4 nitrogen and oxygen atoms in total. The zero-order valence-electron chi connectivity index (χ0n) is 8.06. The minimum Gasteiger partial charge on any atom is -0.485 e. The Balaban J connectivity index is 2.18. The maximum Gasteiger partial charge on any atom is 0.188 e. The lowest BCUT2D eigenvalue weighted by Crippen LogP contribution is -2.49. The molecule has 0 aliphatic carbocycles. The van der Waals surface area contributed by atoms with Gasteiger partial charge in [-0.1, -0.05) is 6.58 Å². The average Bonchev–Trinajstić information content (AvgIpc) is 2.15. The molecule has 1 spiro atoms. The number of nitrogens with one attached hydrogen (secondary N) is 2. The Morgan fingerprint density at radius 3 is 2.64 bits per heavy atom. The molecule has 2 aliphatic rings. The molecule has 2 heterocycles. The molecular weight excluding hydrogens is 180 g/mol. The number of hydrogen-bond donors (Lipinski definition) is 2. The van der Waals surface area contributed by atoms with Gasteiger partial charge in [-0.2, -0.15) is 0 Å². The first-order chi connectivity index (χ1) is 6.63. The second-order valence-corrected chi connectivity index (χ2v) is 3.93. The van der Waals surface area contributed by atoms with Crippen molar-refractivity contribution in [2.75, 3.05) is 13.1 Å². The molecule has 0 radical (unpaired) electrons. The number of allylic oxidation sites excluding steroid dienone is 1. The highest BCUT2D eigenvalue weighted by atomic mass is 16.5. The molecule has 0 atom stereocenters. The summed E-state index contributed by atoms with van der Waals surface area (Å²) >= 11 is 0. The molecule has 2 aliphatic heterocycles. The van der Waals surface area contributed by atoms with Crippen molar-refractivity contribution in [2.24, 2.45) is 0 Å². The molecule has 0 bridgehead atoms. The number of carbonyl (C=O) groups excluding carboxylic acids is 1. The first kappa shape index (κ1) is 9.40. The van der Waals surface area contributed by atoms with Crippen LogP contribution in [0, 0.1) is 5.41 Å². The quantitative estimate of drug-likeness (QED) is 0.594. The summed E-state index contributed by atoms with van der Waals surface area (Å²) in [5, 5.41) is 10.6. The maximum atomic E-state index is 11.5. The van der Waals surface area contributed by atoms with Crippen molar-refractivity contribution in [1.29, 1.82) is 5.41 Å². The van der Waals surface area contributed by atoms with Gasteiger partial charge in [0.05, 0.1) is 6.42 Å². The standard InChI is InChI=1S/C10H14N2O2/c1-7-9(11)8(13)6-10(14-7)2-4-12-5-3-10/h11-12H,1-6H2. The van der Waals surface area contributed by atoms with Gasteiger partial charge in [0, 0.05) is 12.8 Å². The summed E-state index contributed by atoms with van der Waals surface area (Å²) in [6, 6.07) is 0. The number of carbonyl (C=O) groups is 1. The molecule has 2 N–H and O–H groups in total. The summed E-state index contributed by atoms with van der Waals surface area (Å²) in [6.45, 7) is 5.35. The van der Waals surface area contributed by atoms with Crippen LogP contribution in [0.15, 0.2) is 12.3 Å². The van der Waals surface area contributed by atoms with Crippen LogP contribution in [0.2, 0.25) is 0 Å². The van der Waals surface area contributed by atoms with E-state index in [1.807, 2.05) is 0 Å². The number of piperidine rings is 1. The monoisotopic (exact) mass is 194 g/mol. The van der Waals surface area contributed by atoms with Gasteiger partial charge in [0.15, 0.2) is 5.78 Å². The highest BCUT2D eigenvalue weighted by Crippen LogP contribution is 2.33. The van der Waals surface area contributed by atoms with Crippen LogP contribution in [0.1, 0.15) is 19.3 Å². The SMILES string of the molecule is C=C1OC2(CCNCC2)CC(=O)C1=N. The lowest BCUT2D eigenvalue weighted by Gasteiger charge is -2.40. The Morgan fingerprint density at radius 2 is 2.07 bits per heavy atom. The zero-order chi connectivity index (χ0) is 10.2. The molecule has 14 heavy (non-hydrogen) atoms. The number of hydrogen-bond acceptors (Lipinski definition) is 4. The summed E-state index contributed by atoms with van der Waals surface area (Å²) in [5.74, 6) is 0.103.